The molecule has 3 aromatic carbocycles. The van der Waals surface area contributed by atoms with E-state index in [2.05, 4.69) is 19.1 Å². The Morgan fingerprint density at radius 1 is 0.914 bits per heavy atom. The van der Waals surface area contributed by atoms with Crippen LogP contribution in [0.5, 0.6) is 5.75 Å². The summed E-state index contributed by atoms with van der Waals surface area (Å²) in [5.74, 6) is 0.634. The second kappa shape index (κ2) is 9.84. The van der Waals surface area contributed by atoms with Crippen molar-refractivity contribution in [3.63, 3.8) is 0 Å². The quantitative estimate of drug-likeness (QED) is 0.389. The van der Waals surface area contributed by atoms with E-state index in [1.807, 2.05) is 48.5 Å². The first kappa shape index (κ1) is 23.6. The van der Waals surface area contributed by atoms with Crippen molar-refractivity contribution < 1.29 is 23.9 Å². The molecule has 3 saturated heterocycles. The normalized spacial score (nSPS) is 23.6. The molecule has 3 aromatic rings. The molecule has 0 amide bonds. The highest BCUT2D eigenvalue weighted by Gasteiger charge is 2.50. The number of rotatable bonds is 8. The zero-order chi connectivity index (χ0) is 24.3. The minimum atomic E-state index is -1.84. The standard InChI is InChI=1S/C30H34NO4/c1-23-12-14-27(15-13-23)34-21-20-31-18-16-24(17-19-31)28(22-31)35-29(32)30(33,25-8-4-2-5-9-25)26-10-6-3-7-11-26/h2-15,24,28,33H,16-22H2,1H3/q+1. The van der Waals surface area contributed by atoms with Crippen LogP contribution in [0.15, 0.2) is 84.9 Å². The van der Waals surface area contributed by atoms with Crippen LogP contribution in [0.1, 0.15) is 29.5 Å². The van der Waals surface area contributed by atoms with Crippen molar-refractivity contribution in [3.8, 4) is 5.75 Å². The predicted octanol–water partition coefficient (Wildman–Crippen LogP) is 4.46. The van der Waals surface area contributed by atoms with Gasteiger partial charge in [-0.15, -0.1) is 0 Å². The summed E-state index contributed by atoms with van der Waals surface area (Å²) >= 11 is 0. The van der Waals surface area contributed by atoms with Crippen LogP contribution >= 0.6 is 0 Å². The average molecular weight is 473 g/mol. The molecule has 5 nitrogen and oxygen atoms in total. The lowest BCUT2D eigenvalue weighted by molar-refractivity contribution is -0.946. The second-order valence-corrected chi connectivity index (χ2v) is 10.1. The van der Waals surface area contributed by atoms with Gasteiger partial charge in [0.15, 0.2) is 6.10 Å². The molecule has 3 fully saturated rings. The number of aliphatic hydroxyl groups is 1. The molecule has 1 atom stereocenters. The van der Waals surface area contributed by atoms with Crippen molar-refractivity contribution >= 4 is 5.97 Å². The molecule has 6 rings (SSSR count). The van der Waals surface area contributed by atoms with Crippen LogP contribution in [0.4, 0.5) is 0 Å². The molecule has 2 bridgehead atoms. The average Bonchev–Trinajstić information content (AvgIpc) is 2.91. The SMILES string of the molecule is Cc1ccc(OCC[N+]23CCC(CC2)C(OC(=O)C(O)(c2ccccc2)c2ccccc2)C3)cc1. The number of aryl methyl sites for hydroxylation is 1. The third kappa shape index (κ3) is 4.84. The summed E-state index contributed by atoms with van der Waals surface area (Å²) in [7, 11) is 0. The Kier molecular flexibility index (Phi) is 6.63. The smallest absolute Gasteiger partial charge is 0.348 e. The number of benzene rings is 3. The lowest BCUT2D eigenvalue weighted by atomic mass is 9.82. The van der Waals surface area contributed by atoms with E-state index in [-0.39, 0.29) is 6.10 Å². The third-order valence-electron chi connectivity index (χ3n) is 7.83. The van der Waals surface area contributed by atoms with Crippen molar-refractivity contribution in [3.05, 3.63) is 102 Å². The Morgan fingerprint density at radius 3 is 2.06 bits per heavy atom. The zero-order valence-electron chi connectivity index (χ0n) is 20.3. The molecular weight excluding hydrogens is 438 g/mol. The number of fused-ring (bicyclic) bond motifs is 3. The van der Waals surface area contributed by atoms with Gasteiger partial charge >= 0.3 is 5.97 Å². The minimum absolute atomic E-state index is 0.205. The Morgan fingerprint density at radius 2 is 1.49 bits per heavy atom. The number of quaternary nitrogens is 1. The zero-order valence-corrected chi connectivity index (χ0v) is 20.3. The first-order chi connectivity index (χ1) is 17.0. The van der Waals surface area contributed by atoms with Crippen molar-refractivity contribution in [1.29, 1.82) is 0 Å². The molecule has 3 aliphatic heterocycles. The van der Waals surface area contributed by atoms with E-state index in [0.717, 1.165) is 49.3 Å². The van der Waals surface area contributed by atoms with Crippen molar-refractivity contribution in [2.45, 2.75) is 31.5 Å². The van der Waals surface area contributed by atoms with Crippen LogP contribution < -0.4 is 4.74 Å². The van der Waals surface area contributed by atoms with Gasteiger partial charge in [0.2, 0.25) is 5.60 Å². The highest BCUT2D eigenvalue weighted by atomic mass is 16.6. The maximum Gasteiger partial charge on any atom is 0.348 e. The number of carbonyl (C=O) groups is 1. The van der Waals surface area contributed by atoms with Gasteiger partial charge in [0, 0.05) is 18.8 Å². The third-order valence-corrected chi connectivity index (χ3v) is 7.83. The topological polar surface area (TPSA) is 55.8 Å². The van der Waals surface area contributed by atoms with E-state index in [9.17, 15) is 9.90 Å². The van der Waals surface area contributed by atoms with Gasteiger partial charge in [0.25, 0.3) is 0 Å². The van der Waals surface area contributed by atoms with E-state index in [1.54, 1.807) is 24.3 Å². The summed E-state index contributed by atoms with van der Waals surface area (Å²) in [6, 6.07) is 26.3. The Balaban J connectivity index is 1.30. The highest BCUT2D eigenvalue weighted by Crippen LogP contribution is 2.38. The van der Waals surface area contributed by atoms with Gasteiger partial charge < -0.3 is 19.1 Å². The summed E-state index contributed by atoms with van der Waals surface area (Å²) in [4.78, 5) is 13.6. The fourth-order valence-electron chi connectivity index (χ4n) is 5.64. The number of piperidine rings is 3. The molecule has 1 unspecified atom stereocenters. The van der Waals surface area contributed by atoms with E-state index >= 15 is 0 Å². The van der Waals surface area contributed by atoms with Crippen LogP contribution in [0.25, 0.3) is 0 Å². The lowest BCUT2D eigenvalue weighted by Gasteiger charge is -2.52. The van der Waals surface area contributed by atoms with Crippen LogP contribution in [0, 0.1) is 12.8 Å². The molecule has 1 N–H and O–H groups in total. The van der Waals surface area contributed by atoms with Gasteiger partial charge in [-0.05, 0) is 30.2 Å². The van der Waals surface area contributed by atoms with Crippen LogP contribution in [0.2, 0.25) is 0 Å². The molecule has 35 heavy (non-hydrogen) atoms. The van der Waals surface area contributed by atoms with Gasteiger partial charge in [-0.2, -0.15) is 0 Å². The highest BCUT2D eigenvalue weighted by molar-refractivity contribution is 5.85. The Bertz CT molecular complexity index is 1080. The van der Waals surface area contributed by atoms with Crippen molar-refractivity contribution in [2.75, 3.05) is 32.8 Å². The number of hydrogen-bond donors (Lipinski definition) is 1. The van der Waals surface area contributed by atoms with E-state index in [0.29, 0.717) is 23.7 Å². The number of ether oxygens (including phenoxy) is 2. The molecule has 0 spiro atoms. The summed E-state index contributed by atoms with van der Waals surface area (Å²) in [5, 5.41) is 11.8. The lowest BCUT2D eigenvalue weighted by Crippen LogP contribution is -2.65. The molecule has 0 saturated carbocycles. The first-order valence-corrected chi connectivity index (χ1v) is 12.6. The largest absolute Gasteiger partial charge is 0.488 e. The Hall–Kier alpha value is -3.15. The van der Waals surface area contributed by atoms with Crippen LogP contribution in [-0.2, 0) is 15.1 Å². The molecule has 0 aliphatic carbocycles. The Labute approximate surface area is 207 Å². The van der Waals surface area contributed by atoms with Gasteiger partial charge in [0.1, 0.15) is 25.4 Å². The fraction of sp³-hybridized carbons (Fsp3) is 0.367. The van der Waals surface area contributed by atoms with Crippen LogP contribution in [-0.4, -0.2) is 54.4 Å². The number of carbonyl (C=O) groups excluding carboxylic acids is 1. The first-order valence-electron chi connectivity index (χ1n) is 12.6. The fourth-order valence-corrected chi connectivity index (χ4v) is 5.64. The number of hydrogen-bond acceptors (Lipinski definition) is 4. The van der Waals surface area contributed by atoms with Gasteiger partial charge in [0.05, 0.1) is 13.1 Å². The van der Waals surface area contributed by atoms with E-state index < -0.39 is 11.6 Å². The van der Waals surface area contributed by atoms with Crippen molar-refractivity contribution in [2.24, 2.45) is 5.92 Å². The number of esters is 1. The molecule has 0 aromatic heterocycles. The number of nitrogens with zero attached hydrogens (tertiary/aromatic N) is 1. The maximum atomic E-state index is 13.6. The van der Waals surface area contributed by atoms with Crippen LogP contribution in [0.3, 0.4) is 0 Å². The molecule has 0 radical (unpaired) electrons. The van der Waals surface area contributed by atoms with Gasteiger partial charge in [-0.1, -0.05) is 78.4 Å². The van der Waals surface area contributed by atoms with Gasteiger partial charge in [-0.25, -0.2) is 4.79 Å². The summed E-state index contributed by atoms with van der Waals surface area (Å²) in [6.45, 7) is 6.52. The van der Waals surface area contributed by atoms with Gasteiger partial charge in [-0.3, -0.25) is 0 Å². The molecular formula is C30H34NO4+. The maximum absolute atomic E-state index is 13.6. The molecule has 3 aliphatic rings. The molecule has 5 heteroatoms. The van der Waals surface area contributed by atoms with E-state index in [4.69, 9.17) is 9.47 Å². The van der Waals surface area contributed by atoms with E-state index in [1.165, 1.54) is 5.56 Å². The monoisotopic (exact) mass is 472 g/mol. The minimum Gasteiger partial charge on any atom is -0.488 e. The molecule has 182 valence electrons. The summed E-state index contributed by atoms with van der Waals surface area (Å²) < 4.78 is 13.1. The molecule has 3 heterocycles. The van der Waals surface area contributed by atoms with Crippen molar-refractivity contribution in [1.82, 2.24) is 0 Å². The summed E-state index contributed by atoms with van der Waals surface area (Å²) in [5.41, 5.74) is 0.419. The summed E-state index contributed by atoms with van der Waals surface area (Å²) in [6.07, 6.45) is 1.85. The predicted molar refractivity (Wildman–Crippen MR) is 135 cm³/mol. The second-order valence-electron chi connectivity index (χ2n) is 10.1.